The van der Waals surface area contributed by atoms with Crippen molar-refractivity contribution in [3.05, 3.63) is 59.1 Å². The molecule has 1 aliphatic rings. The van der Waals surface area contributed by atoms with Crippen molar-refractivity contribution in [2.24, 2.45) is 0 Å². The van der Waals surface area contributed by atoms with Crippen LogP contribution in [0.25, 0.3) is 0 Å². The van der Waals surface area contributed by atoms with E-state index < -0.39 is 0 Å². The SMILES string of the molecule is CCOc1ccc(C(=O)N2CCC(NC(=O)CCOc3ccc(Cl)cc3)CC2)cc1. The first-order valence-corrected chi connectivity index (χ1v) is 10.6. The van der Waals surface area contributed by atoms with E-state index in [1.54, 1.807) is 36.4 Å². The van der Waals surface area contributed by atoms with E-state index >= 15 is 0 Å². The summed E-state index contributed by atoms with van der Waals surface area (Å²) in [6, 6.07) is 14.3. The van der Waals surface area contributed by atoms with Crippen LogP contribution in [0.3, 0.4) is 0 Å². The van der Waals surface area contributed by atoms with Crippen molar-refractivity contribution in [1.29, 1.82) is 0 Å². The lowest BCUT2D eigenvalue weighted by molar-refractivity contribution is -0.122. The lowest BCUT2D eigenvalue weighted by Crippen LogP contribution is -2.46. The number of piperidine rings is 1. The number of nitrogens with one attached hydrogen (secondary N) is 1. The molecule has 0 radical (unpaired) electrons. The number of nitrogens with zero attached hydrogens (tertiary/aromatic N) is 1. The number of halogens is 1. The van der Waals surface area contributed by atoms with Gasteiger partial charge in [0.25, 0.3) is 5.91 Å². The molecule has 0 aromatic heterocycles. The van der Waals surface area contributed by atoms with E-state index in [9.17, 15) is 9.59 Å². The summed E-state index contributed by atoms with van der Waals surface area (Å²) in [4.78, 5) is 26.7. The Kier molecular flexibility index (Phi) is 7.97. The summed E-state index contributed by atoms with van der Waals surface area (Å²) in [6.45, 7) is 4.08. The van der Waals surface area contributed by atoms with Crippen LogP contribution in [0.5, 0.6) is 11.5 Å². The highest BCUT2D eigenvalue weighted by molar-refractivity contribution is 6.30. The van der Waals surface area contributed by atoms with Gasteiger partial charge in [-0.3, -0.25) is 9.59 Å². The number of likely N-dealkylation sites (tertiary alicyclic amines) is 1. The molecular weight excluding hydrogens is 404 g/mol. The second-order valence-corrected chi connectivity index (χ2v) is 7.58. The minimum Gasteiger partial charge on any atom is -0.494 e. The first-order valence-electron chi connectivity index (χ1n) is 10.2. The van der Waals surface area contributed by atoms with Crippen LogP contribution in [-0.4, -0.2) is 49.1 Å². The van der Waals surface area contributed by atoms with E-state index in [2.05, 4.69) is 5.32 Å². The zero-order valence-corrected chi connectivity index (χ0v) is 17.9. The molecule has 0 bridgehead atoms. The molecule has 2 amide bonds. The molecule has 1 N–H and O–H groups in total. The molecule has 6 nitrogen and oxygen atoms in total. The zero-order valence-electron chi connectivity index (χ0n) is 17.1. The maximum atomic E-state index is 12.7. The average molecular weight is 431 g/mol. The highest BCUT2D eigenvalue weighted by Gasteiger charge is 2.24. The fraction of sp³-hybridized carbons (Fsp3) is 0.391. The van der Waals surface area contributed by atoms with Crippen LogP contribution in [0, 0.1) is 0 Å². The van der Waals surface area contributed by atoms with Gasteiger partial charge in [-0.05, 0) is 68.3 Å². The lowest BCUT2D eigenvalue weighted by atomic mass is 10.0. The van der Waals surface area contributed by atoms with Crippen LogP contribution < -0.4 is 14.8 Å². The molecule has 1 saturated heterocycles. The molecule has 30 heavy (non-hydrogen) atoms. The second kappa shape index (κ2) is 10.9. The summed E-state index contributed by atoms with van der Waals surface area (Å²) in [5, 5.41) is 3.69. The highest BCUT2D eigenvalue weighted by atomic mass is 35.5. The van der Waals surface area contributed by atoms with Gasteiger partial charge in [-0.1, -0.05) is 11.6 Å². The third kappa shape index (κ3) is 6.39. The summed E-state index contributed by atoms with van der Waals surface area (Å²) in [5.74, 6) is 1.42. The van der Waals surface area contributed by atoms with E-state index in [0.29, 0.717) is 42.6 Å². The van der Waals surface area contributed by atoms with Crippen LogP contribution in [0.4, 0.5) is 0 Å². The standard InChI is InChI=1S/C23H27ClN2O4/c1-2-29-20-7-3-17(4-8-20)23(28)26-14-11-19(12-15-26)25-22(27)13-16-30-21-9-5-18(24)6-10-21/h3-10,19H,2,11-16H2,1H3,(H,25,27). The summed E-state index contributed by atoms with van der Waals surface area (Å²) in [7, 11) is 0. The molecule has 1 aliphatic heterocycles. The topological polar surface area (TPSA) is 67.9 Å². The number of rotatable bonds is 8. The van der Waals surface area contributed by atoms with Gasteiger partial charge in [0.05, 0.1) is 19.6 Å². The monoisotopic (exact) mass is 430 g/mol. The predicted octanol–water partition coefficient (Wildman–Crippen LogP) is 3.93. The van der Waals surface area contributed by atoms with Gasteiger partial charge in [-0.25, -0.2) is 0 Å². The highest BCUT2D eigenvalue weighted by Crippen LogP contribution is 2.18. The molecule has 0 spiro atoms. The summed E-state index contributed by atoms with van der Waals surface area (Å²) in [6.07, 6.45) is 1.77. The minimum atomic E-state index is -0.0414. The quantitative estimate of drug-likeness (QED) is 0.689. The fourth-order valence-corrected chi connectivity index (χ4v) is 3.49. The Bertz CT molecular complexity index is 831. The van der Waals surface area contributed by atoms with Crippen molar-refractivity contribution in [1.82, 2.24) is 10.2 Å². The Morgan fingerprint density at radius 1 is 1.00 bits per heavy atom. The van der Waals surface area contributed by atoms with Crippen molar-refractivity contribution in [3.63, 3.8) is 0 Å². The Hall–Kier alpha value is -2.73. The number of hydrogen-bond donors (Lipinski definition) is 1. The zero-order chi connectivity index (χ0) is 21.3. The third-order valence-electron chi connectivity index (χ3n) is 4.97. The van der Waals surface area contributed by atoms with Crippen LogP contribution in [0.1, 0.15) is 36.5 Å². The largest absolute Gasteiger partial charge is 0.494 e. The molecule has 0 atom stereocenters. The number of ether oxygens (including phenoxy) is 2. The van der Waals surface area contributed by atoms with Crippen LogP contribution >= 0.6 is 11.6 Å². The van der Waals surface area contributed by atoms with Crippen molar-refractivity contribution >= 4 is 23.4 Å². The Labute approximate surface area is 182 Å². The van der Waals surface area contributed by atoms with E-state index in [1.165, 1.54) is 0 Å². The van der Waals surface area contributed by atoms with Crippen molar-refractivity contribution in [3.8, 4) is 11.5 Å². The molecule has 0 saturated carbocycles. The molecule has 1 heterocycles. The van der Waals surface area contributed by atoms with Gasteiger partial charge in [0.1, 0.15) is 11.5 Å². The van der Waals surface area contributed by atoms with Crippen LogP contribution in [0.15, 0.2) is 48.5 Å². The third-order valence-corrected chi connectivity index (χ3v) is 5.22. The minimum absolute atomic E-state index is 0.0131. The first kappa shape index (κ1) is 22.0. The van der Waals surface area contributed by atoms with E-state index in [4.69, 9.17) is 21.1 Å². The fourth-order valence-electron chi connectivity index (χ4n) is 3.36. The molecule has 1 fully saturated rings. The van der Waals surface area contributed by atoms with Gasteiger partial charge in [0.15, 0.2) is 0 Å². The molecule has 0 aliphatic carbocycles. The number of carbonyl (C=O) groups is 2. The predicted molar refractivity (Wildman–Crippen MR) is 116 cm³/mol. The maximum absolute atomic E-state index is 12.7. The molecule has 0 unspecified atom stereocenters. The molecule has 160 valence electrons. The Morgan fingerprint density at radius 3 is 2.23 bits per heavy atom. The van der Waals surface area contributed by atoms with E-state index in [0.717, 1.165) is 18.6 Å². The van der Waals surface area contributed by atoms with E-state index in [1.807, 2.05) is 24.0 Å². The average Bonchev–Trinajstić information content (AvgIpc) is 2.76. The van der Waals surface area contributed by atoms with Gasteiger partial charge in [0, 0.05) is 29.7 Å². The van der Waals surface area contributed by atoms with Crippen LogP contribution in [0.2, 0.25) is 5.02 Å². The number of amides is 2. The molecule has 2 aromatic rings. The Balaban J connectivity index is 1.37. The number of benzene rings is 2. The number of hydrogen-bond acceptors (Lipinski definition) is 4. The van der Waals surface area contributed by atoms with Gasteiger partial charge in [0.2, 0.25) is 5.91 Å². The summed E-state index contributed by atoms with van der Waals surface area (Å²) >= 11 is 5.84. The lowest BCUT2D eigenvalue weighted by Gasteiger charge is -2.32. The maximum Gasteiger partial charge on any atom is 0.253 e. The molecule has 2 aromatic carbocycles. The van der Waals surface area contributed by atoms with Crippen molar-refractivity contribution in [2.45, 2.75) is 32.2 Å². The van der Waals surface area contributed by atoms with E-state index in [-0.39, 0.29) is 24.3 Å². The molecular formula is C23H27ClN2O4. The van der Waals surface area contributed by atoms with Crippen molar-refractivity contribution in [2.75, 3.05) is 26.3 Å². The molecule has 7 heteroatoms. The molecule has 3 rings (SSSR count). The Morgan fingerprint density at radius 2 is 1.60 bits per heavy atom. The summed E-state index contributed by atoms with van der Waals surface area (Å²) in [5.41, 5.74) is 0.653. The van der Waals surface area contributed by atoms with Gasteiger partial charge in [-0.2, -0.15) is 0 Å². The van der Waals surface area contributed by atoms with Crippen LogP contribution in [-0.2, 0) is 4.79 Å². The van der Waals surface area contributed by atoms with Gasteiger partial charge >= 0.3 is 0 Å². The van der Waals surface area contributed by atoms with Gasteiger partial charge < -0.3 is 19.7 Å². The normalized spacial score (nSPS) is 14.3. The second-order valence-electron chi connectivity index (χ2n) is 7.14. The number of carbonyl (C=O) groups excluding carboxylic acids is 2. The van der Waals surface area contributed by atoms with Gasteiger partial charge in [-0.15, -0.1) is 0 Å². The van der Waals surface area contributed by atoms with Crippen molar-refractivity contribution < 1.29 is 19.1 Å². The summed E-state index contributed by atoms with van der Waals surface area (Å²) < 4.78 is 11.0. The smallest absolute Gasteiger partial charge is 0.253 e. The first-order chi connectivity index (χ1) is 14.5.